The van der Waals surface area contributed by atoms with Crippen molar-refractivity contribution in [2.45, 2.75) is 18.5 Å². The molecule has 116 valence electrons. The molecule has 3 N–H and O–H groups in total. The van der Waals surface area contributed by atoms with Crippen molar-refractivity contribution in [3.05, 3.63) is 44.7 Å². The molecule has 8 heteroatoms. The number of nitrogens with one attached hydrogen (secondary N) is 2. The molecule has 0 radical (unpaired) electrons. The van der Waals surface area contributed by atoms with Crippen LogP contribution in [0.4, 0.5) is 5.69 Å². The van der Waals surface area contributed by atoms with E-state index in [-0.39, 0.29) is 33.8 Å². The van der Waals surface area contributed by atoms with Crippen LogP contribution in [0.1, 0.15) is 12.5 Å². The zero-order valence-corrected chi connectivity index (χ0v) is 14.1. The molecule has 6 nitrogen and oxygen atoms in total. The lowest BCUT2D eigenvalue weighted by molar-refractivity contribution is -0.113. The third-order valence-corrected chi connectivity index (χ3v) is 4.20. The number of hydrogen-bond donors (Lipinski definition) is 3. The SMILES string of the molecule is CCc1c(O)nc(SCC(=O)Nc2ccc(Br)cc2)[nH]c1=O. The summed E-state index contributed by atoms with van der Waals surface area (Å²) >= 11 is 4.37. The van der Waals surface area contributed by atoms with Crippen LogP contribution in [0.2, 0.25) is 0 Å². The van der Waals surface area contributed by atoms with E-state index in [0.717, 1.165) is 16.2 Å². The molecule has 22 heavy (non-hydrogen) atoms. The standard InChI is InChI=1S/C14H14BrN3O3S/c1-2-10-12(20)17-14(18-13(10)21)22-7-11(19)16-9-5-3-8(15)4-6-9/h3-6H,2,7H2,1H3,(H,16,19)(H2,17,18,20,21). The first-order valence-electron chi connectivity index (χ1n) is 6.50. The molecule has 0 aliphatic carbocycles. The Morgan fingerprint density at radius 3 is 2.68 bits per heavy atom. The van der Waals surface area contributed by atoms with E-state index in [9.17, 15) is 14.7 Å². The van der Waals surface area contributed by atoms with Gasteiger partial charge in [0, 0.05) is 10.2 Å². The van der Waals surface area contributed by atoms with Gasteiger partial charge in [-0.1, -0.05) is 34.6 Å². The number of aromatic amines is 1. The average Bonchev–Trinajstić information content (AvgIpc) is 2.47. The minimum Gasteiger partial charge on any atom is -0.493 e. The molecular weight excluding hydrogens is 370 g/mol. The Morgan fingerprint density at radius 2 is 2.09 bits per heavy atom. The number of nitrogens with zero attached hydrogens (tertiary/aromatic N) is 1. The van der Waals surface area contributed by atoms with Gasteiger partial charge in [0.05, 0.1) is 11.3 Å². The molecule has 0 aliphatic heterocycles. The Bertz CT molecular complexity index is 731. The molecule has 1 aromatic carbocycles. The molecule has 2 rings (SSSR count). The molecule has 0 atom stereocenters. The first-order valence-corrected chi connectivity index (χ1v) is 8.28. The number of aromatic nitrogens is 2. The number of benzene rings is 1. The summed E-state index contributed by atoms with van der Waals surface area (Å²) in [6.07, 6.45) is 0.392. The molecule has 1 amide bonds. The highest BCUT2D eigenvalue weighted by atomic mass is 79.9. The van der Waals surface area contributed by atoms with Crippen molar-refractivity contribution < 1.29 is 9.90 Å². The highest BCUT2D eigenvalue weighted by Crippen LogP contribution is 2.18. The quantitative estimate of drug-likeness (QED) is 0.544. The maximum atomic E-state index is 11.8. The lowest BCUT2D eigenvalue weighted by atomic mass is 10.2. The molecule has 0 unspecified atom stereocenters. The number of amides is 1. The molecule has 0 aliphatic rings. The van der Waals surface area contributed by atoms with Gasteiger partial charge in [-0.15, -0.1) is 0 Å². The van der Waals surface area contributed by atoms with Gasteiger partial charge < -0.3 is 15.4 Å². The number of carbonyl (C=O) groups is 1. The van der Waals surface area contributed by atoms with E-state index in [2.05, 4.69) is 31.2 Å². The van der Waals surface area contributed by atoms with Crippen LogP contribution in [0.3, 0.4) is 0 Å². The number of anilines is 1. The third-order valence-electron chi connectivity index (χ3n) is 2.79. The summed E-state index contributed by atoms with van der Waals surface area (Å²) in [6.45, 7) is 1.75. The second kappa shape index (κ2) is 7.46. The fourth-order valence-corrected chi connectivity index (χ4v) is 2.64. The summed E-state index contributed by atoms with van der Waals surface area (Å²) < 4.78 is 0.924. The van der Waals surface area contributed by atoms with Gasteiger partial charge >= 0.3 is 0 Å². The molecule has 1 aromatic heterocycles. The smallest absolute Gasteiger partial charge is 0.258 e. The maximum absolute atomic E-state index is 11.8. The number of rotatable bonds is 5. The largest absolute Gasteiger partial charge is 0.493 e. The lowest BCUT2D eigenvalue weighted by Gasteiger charge is -2.06. The van der Waals surface area contributed by atoms with Crippen LogP contribution < -0.4 is 10.9 Å². The van der Waals surface area contributed by atoms with Gasteiger partial charge in [0.25, 0.3) is 5.56 Å². The van der Waals surface area contributed by atoms with E-state index in [1.54, 1.807) is 19.1 Å². The van der Waals surface area contributed by atoms with Crippen LogP contribution in [-0.2, 0) is 11.2 Å². The first-order chi connectivity index (χ1) is 10.5. The summed E-state index contributed by atoms with van der Waals surface area (Å²) in [5, 5.41) is 12.6. The molecule has 0 bridgehead atoms. The Kier molecular flexibility index (Phi) is 5.62. The van der Waals surface area contributed by atoms with Gasteiger partial charge in [-0.3, -0.25) is 9.59 Å². The number of carbonyl (C=O) groups excluding carboxylic acids is 1. The summed E-state index contributed by atoms with van der Waals surface area (Å²) in [7, 11) is 0. The minimum absolute atomic E-state index is 0.0733. The number of aromatic hydroxyl groups is 1. The maximum Gasteiger partial charge on any atom is 0.258 e. The normalized spacial score (nSPS) is 10.5. The van der Waals surface area contributed by atoms with Crippen LogP contribution in [0.25, 0.3) is 0 Å². The van der Waals surface area contributed by atoms with Gasteiger partial charge in [0.1, 0.15) is 0 Å². The van der Waals surface area contributed by atoms with E-state index in [0.29, 0.717) is 12.1 Å². The summed E-state index contributed by atoms with van der Waals surface area (Å²) in [5.74, 6) is -0.444. The van der Waals surface area contributed by atoms with Crippen molar-refractivity contribution in [2.24, 2.45) is 0 Å². The number of thioether (sulfide) groups is 1. The molecule has 0 saturated carbocycles. The Morgan fingerprint density at radius 1 is 1.41 bits per heavy atom. The Labute approximate surface area is 139 Å². The molecule has 0 spiro atoms. The summed E-state index contributed by atoms with van der Waals surface area (Å²) in [4.78, 5) is 29.9. The van der Waals surface area contributed by atoms with Crippen molar-refractivity contribution in [1.29, 1.82) is 0 Å². The first kappa shape index (κ1) is 16.6. The van der Waals surface area contributed by atoms with Crippen LogP contribution in [0, 0.1) is 0 Å². The van der Waals surface area contributed by atoms with Crippen LogP contribution in [-0.4, -0.2) is 26.7 Å². The lowest BCUT2D eigenvalue weighted by Crippen LogP contribution is -2.17. The van der Waals surface area contributed by atoms with Crippen molar-refractivity contribution in [1.82, 2.24) is 9.97 Å². The van der Waals surface area contributed by atoms with Gasteiger partial charge in [-0.25, -0.2) is 0 Å². The van der Waals surface area contributed by atoms with Crippen LogP contribution in [0.15, 0.2) is 38.7 Å². The van der Waals surface area contributed by atoms with Crippen molar-refractivity contribution >= 4 is 39.3 Å². The topological polar surface area (TPSA) is 95.1 Å². The number of halogens is 1. The Hall–Kier alpha value is -1.80. The van der Waals surface area contributed by atoms with Crippen molar-refractivity contribution in [3.8, 4) is 5.88 Å². The summed E-state index contributed by atoms with van der Waals surface area (Å²) in [6, 6.07) is 7.19. The highest BCUT2D eigenvalue weighted by molar-refractivity contribution is 9.10. The van der Waals surface area contributed by atoms with E-state index in [1.165, 1.54) is 0 Å². The highest BCUT2D eigenvalue weighted by Gasteiger charge is 2.10. The predicted octanol–water partition coefficient (Wildman–Crippen LogP) is 2.53. The molecular formula is C14H14BrN3O3S. The van der Waals surface area contributed by atoms with E-state index in [4.69, 9.17) is 0 Å². The molecule has 0 saturated heterocycles. The fraction of sp³-hybridized carbons (Fsp3) is 0.214. The second-order valence-corrected chi connectivity index (χ2v) is 6.25. The van der Waals surface area contributed by atoms with Gasteiger partial charge in [0.15, 0.2) is 5.16 Å². The minimum atomic E-state index is -0.384. The predicted molar refractivity (Wildman–Crippen MR) is 89.4 cm³/mol. The van der Waals surface area contributed by atoms with E-state index in [1.807, 2.05) is 12.1 Å². The zero-order chi connectivity index (χ0) is 16.1. The Balaban J connectivity index is 1.96. The molecule has 2 aromatic rings. The fourth-order valence-electron chi connectivity index (χ4n) is 1.72. The van der Waals surface area contributed by atoms with Crippen molar-refractivity contribution in [2.75, 3.05) is 11.1 Å². The monoisotopic (exact) mass is 383 g/mol. The van der Waals surface area contributed by atoms with E-state index < -0.39 is 0 Å². The third kappa shape index (κ3) is 4.35. The summed E-state index contributed by atoms with van der Waals surface area (Å²) in [5.41, 5.74) is 0.536. The van der Waals surface area contributed by atoms with Gasteiger partial charge in [-0.2, -0.15) is 4.98 Å². The molecule has 1 heterocycles. The van der Waals surface area contributed by atoms with Gasteiger partial charge in [0.2, 0.25) is 11.8 Å². The van der Waals surface area contributed by atoms with Crippen molar-refractivity contribution in [3.63, 3.8) is 0 Å². The average molecular weight is 384 g/mol. The van der Waals surface area contributed by atoms with Crippen LogP contribution >= 0.6 is 27.7 Å². The van der Waals surface area contributed by atoms with Crippen LogP contribution in [0.5, 0.6) is 5.88 Å². The van der Waals surface area contributed by atoms with E-state index >= 15 is 0 Å². The second-order valence-electron chi connectivity index (χ2n) is 4.37. The van der Waals surface area contributed by atoms with Gasteiger partial charge in [-0.05, 0) is 30.7 Å². The number of H-pyrrole nitrogens is 1. The number of hydrogen-bond acceptors (Lipinski definition) is 5. The molecule has 0 fully saturated rings. The zero-order valence-electron chi connectivity index (χ0n) is 11.7.